The second-order valence-corrected chi connectivity index (χ2v) is 13.7. The van der Waals surface area contributed by atoms with Gasteiger partial charge in [-0.3, -0.25) is 0 Å². The highest BCUT2D eigenvalue weighted by Gasteiger charge is 2.27. The summed E-state index contributed by atoms with van der Waals surface area (Å²) in [6.45, 7) is 5.93. The highest BCUT2D eigenvalue weighted by molar-refractivity contribution is 7.64. The first-order valence-electron chi connectivity index (χ1n) is 6.21. The molecule has 0 aromatic rings. The van der Waals surface area contributed by atoms with Crippen molar-refractivity contribution in [3.8, 4) is 0 Å². The summed E-state index contributed by atoms with van der Waals surface area (Å²) < 4.78 is 4.88. The van der Waals surface area contributed by atoms with Gasteiger partial charge >= 0.3 is 12.0 Å². The van der Waals surface area contributed by atoms with Crippen LogP contribution in [0.3, 0.4) is 0 Å². The summed E-state index contributed by atoms with van der Waals surface area (Å²) in [7, 11) is 0. The van der Waals surface area contributed by atoms with E-state index in [1.165, 1.54) is 6.08 Å². The van der Waals surface area contributed by atoms with E-state index in [2.05, 4.69) is 13.5 Å². The van der Waals surface area contributed by atoms with Gasteiger partial charge in [0.2, 0.25) is 0 Å². The third kappa shape index (κ3) is 12.7. The largest absolute Gasteiger partial charge is 0.463 e. The molecule has 0 radical (unpaired) electrons. The monoisotopic (exact) mass is 330 g/mol. The lowest BCUT2D eigenvalue weighted by Gasteiger charge is -2.14. The summed E-state index contributed by atoms with van der Waals surface area (Å²) in [5, 5.41) is 0. The Bertz CT molecular complexity index is 254. The fourth-order valence-electron chi connectivity index (χ4n) is 1.68. The van der Waals surface area contributed by atoms with Crippen molar-refractivity contribution in [1.82, 2.24) is 0 Å². The summed E-state index contributed by atoms with van der Waals surface area (Å²) in [5.41, 5.74) is 0. The van der Waals surface area contributed by atoms with Crippen molar-refractivity contribution in [1.29, 1.82) is 0 Å². The fourth-order valence-corrected chi connectivity index (χ4v) is 5.04. The van der Waals surface area contributed by atoms with Gasteiger partial charge in [-0.1, -0.05) is 39.2 Å². The van der Waals surface area contributed by atoms with Crippen LogP contribution in [0.15, 0.2) is 12.7 Å². The zero-order valence-corrected chi connectivity index (χ0v) is 14.0. The molecule has 0 saturated carbocycles. The van der Waals surface area contributed by atoms with Crippen molar-refractivity contribution >= 4 is 45.2 Å². The molecule has 1 unspecified atom stereocenters. The number of rotatable bonds is 10. The van der Waals surface area contributed by atoms with Gasteiger partial charge < -0.3 is 4.74 Å². The summed E-state index contributed by atoms with van der Waals surface area (Å²) in [6, 6.07) is -1.74. The third-order valence-electron chi connectivity index (χ3n) is 2.58. The fraction of sp³-hybridized carbons (Fsp3) is 0.750. The van der Waals surface area contributed by atoms with E-state index in [1.807, 2.05) is 0 Å². The van der Waals surface area contributed by atoms with Gasteiger partial charge in [0.25, 0.3) is 0 Å². The number of halogens is 3. The van der Waals surface area contributed by atoms with E-state index in [0.717, 1.165) is 38.1 Å². The van der Waals surface area contributed by atoms with Crippen molar-refractivity contribution in [3.05, 3.63) is 12.7 Å². The van der Waals surface area contributed by atoms with E-state index < -0.39 is 6.00 Å². The van der Waals surface area contributed by atoms with Crippen molar-refractivity contribution in [2.45, 2.75) is 45.1 Å². The molecule has 2 nitrogen and oxygen atoms in total. The van der Waals surface area contributed by atoms with Gasteiger partial charge in [0.1, 0.15) is 0 Å². The maximum Gasteiger partial charge on any atom is 0.341 e. The summed E-state index contributed by atoms with van der Waals surface area (Å²) in [6.07, 6.45) is 6.48. The van der Waals surface area contributed by atoms with Crippen molar-refractivity contribution in [2.75, 3.05) is 6.61 Å². The SMILES string of the molecule is C=CC(=O)OCCCCCCC(C)C[Si](Cl)(Cl)Cl. The van der Waals surface area contributed by atoms with E-state index in [4.69, 9.17) is 38.0 Å². The Morgan fingerprint density at radius 1 is 1.28 bits per heavy atom. The molecule has 0 N–H and O–H groups in total. The van der Waals surface area contributed by atoms with Gasteiger partial charge in [0.15, 0.2) is 0 Å². The number of hydrogen-bond acceptors (Lipinski definition) is 2. The molecule has 0 aliphatic carbocycles. The maximum atomic E-state index is 10.7. The molecular formula is C12H21Cl3O2Si. The molecule has 0 aliphatic heterocycles. The van der Waals surface area contributed by atoms with Gasteiger partial charge in [0, 0.05) is 6.08 Å². The summed E-state index contributed by atoms with van der Waals surface area (Å²) in [5.74, 6) is 0.124. The molecule has 0 aromatic carbocycles. The minimum Gasteiger partial charge on any atom is -0.463 e. The number of esters is 1. The Hall–Kier alpha value is 0.297. The third-order valence-corrected chi connectivity index (χ3v) is 5.13. The van der Waals surface area contributed by atoms with E-state index >= 15 is 0 Å². The highest BCUT2D eigenvalue weighted by Crippen LogP contribution is 2.31. The van der Waals surface area contributed by atoms with Crippen LogP contribution in [-0.2, 0) is 9.53 Å². The Balaban J connectivity index is 3.35. The van der Waals surface area contributed by atoms with Crippen LogP contribution in [0.2, 0.25) is 6.04 Å². The Kier molecular flexibility index (Phi) is 10.3. The second-order valence-electron chi connectivity index (χ2n) is 4.50. The van der Waals surface area contributed by atoms with E-state index in [-0.39, 0.29) is 5.97 Å². The normalized spacial score (nSPS) is 13.1. The molecular weight excluding hydrogens is 311 g/mol. The van der Waals surface area contributed by atoms with Crippen molar-refractivity contribution in [3.63, 3.8) is 0 Å². The van der Waals surface area contributed by atoms with Crippen LogP contribution < -0.4 is 0 Å². The predicted octanol–water partition coefficient (Wildman–Crippen LogP) is 4.96. The Morgan fingerprint density at radius 2 is 1.89 bits per heavy atom. The lowest BCUT2D eigenvalue weighted by Crippen LogP contribution is -2.13. The molecule has 6 heteroatoms. The van der Waals surface area contributed by atoms with Crippen molar-refractivity contribution in [2.24, 2.45) is 5.92 Å². The maximum absolute atomic E-state index is 10.7. The van der Waals surface area contributed by atoms with Gasteiger partial charge in [-0.2, -0.15) is 0 Å². The quantitative estimate of drug-likeness (QED) is 0.186. The number of hydrogen-bond donors (Lipinski definition) is 0. The molecule has 0 spiro atoms. The number of carbonyl (C=O) groups is 1. The van der Waals surface area contributed by atoms with Gasteiger partial charge in [-0.05, 0) is 18.4 Å². The van der Waals surface area contributed by atoms with Crippen LogP contribution in [0.25, 0.3) is 0 Å². The van der Waals surface area contributed by atoms with Crippen LogP contribution in [0.4, 0.5) is 0 Å². The Labute approximate surface area is 125 Å². The van der Waals surface area contributed by atoms with E-state index in [0.29, 0.717) is 12.5 Å². The van der Waals surface area contributed by atoms with Crippen LogP contribution in [-0.4, -0.2) is 18.6 Å². The average Bonchev–Trinajstić information content (AvgIpc) is 2.25. The van der Waals surface area contributed by atoms with Crippen LogP contribution in [0.5, 0.6) is 0 Å². The molecule has 0 aromatic heterocycles. The minimum absolute atomic E-state index is 0.351. The van der Waals surface area contributed by atoms with Gasteiger partial charge in [-0.25, -0.2) is 4.79 Å². The zero-order chi connectivity index (χ0) is 14.0. The van der Waals surface area contributed by atoms with Crippen LogP contribution in [0.1, 0.15) is 39.0 Å². The molecule has 0 rings (SSSR count). The average molecular weight is 332 g/mol. The van der Waals surface area contributed by atoms with Crippen LogP contribution in [0, 0.1) is 5.92 Å². The highest BCUT2D eigenvalue weighted by atomic mass is 35.8. The molecule has 0 aliphatic rings. The number of ether oxygens (including phenoxy) is 1. The molecule has 0 saturated heterocycles. The molecule has 0 heterocycles. The Morgan fingerprint density at radius 3 is 2.44 bits per heavy atom. The number of carbonyl (C=O) groups excluding carboxylic acids is 1. The topological polar surface area (TPSA) is 26.3 Å². The standard InChI is InChI=1S/C12H21Cl3O2Si/c1-3-12(16)17-9-7-5-4-6-8-11(2)10-18(13,14)15/h3,11H,1,4-10H2,2H3. The minimum atomic E-state index is -2.47. The molecule has 0 amide bonds. The molecule has 106 valence electrons. The first kappa shape index (κ1) is 18.3. The lowest BCUT2D eigenvalue weighted by atomic mass is 10.0. The number of unbranched alkanes of at least 4 members (excludes halogenated alkanes) is 3. The first-order valence-corrected chi connectivity index (χ1v) is 11.5. The first-order chi connectivity index (χ1) is 8.35. The van der Waals surface area contributed by atoms with E-state index in [9.17, 15) is 4.79 Å². The van der Waals surface area contributed by atoms with E-state index in [1.54, 1.807) is 0 Å². The smallest absolute Gasteiger partial charge is 0.341 e. The van der Waals surface area contributed by atoms with Gasteiger partial charge in [0.05, 0.1) is 6.61 Å². The predicted molar refractivity (Wildman–Crippen MR) is 81.5 cm³/mol. The summed E-state index contributed by atoms with van der Waals surface area (Å²) in [4.78, 5) is 10.7. The van der Waals surface area contributed by atoms with Crippen LogP contribution >= 0.6 is 33.2 Å². The zero-order valence-electron chi connectivity index (χ0n) is 10.8. The lowest BCUT2D eigenvalue weighted by molar-refractivity contribution is -0.137. The molecule has 1 atom stereocenters. The summed E-state index contributed by atoms with van der Waals surface area (Å²) >= 11 is 17.6. The van der Waals surface area contributed by atoms with Crippen molar-refractivity contribution < 1.29 is 9.53 Å². The molecule has 0 bridgehead atoms. The molecule has 0 fully saturated rings. The molecule has 18 heavy (non-hydrogen) atoms. The second kappa shape index (κ2) is 10.1. The van der Waals surface area contributed by atoms with Gasteiger partial charge in [-0.15, -0.1) is 33.2 Å².